The fourth-order valence-corrected chi connectivity index (χ4v) is 1.97. The highest BCUT2D eigenvalue weighted by Crippen LogP contribution is 2.31. The number of aliphatic hydroxyl groups is 2. The predicted molar refractivity (Wildman–Crippen MR) is 59.4 cm³/mol. The average molecular weight is 261 g/mol. The molecule has 1 saturated heterocycles. The molecule has 0 spiro atoms. The number of ether oxygens (including phenoxy) is 1. The first-order valence-electron chi connectivity index (χ1n) is 4.97. The van der Waals surface area contributed by atoms with Crippen molar-refractivity contribution in [2.75, 3.05) is 12.3 Å². The van der Waals surface area contributed by atoms with E-state index in [1.54, 1.807) is 0 Å². The lowest BCUT2D eigenvalue weighted by atomic mass is 10.1. The molecule has 0 aliphatic carbocycles. The van der Waals surface area contributed by atoms with Crippen LogP contribution in [-0.2, 0) is 4.74 Å². The van der Waals surface area contributed by atoms with E-state index < -0.39 is 31.2 Å². The molecule has 0 amide bonds. The van der Waals surface area contributed by atoms with Gasteiger partial charge in [-0.3, -0.25) is 4.57 Å². The van der Waals surface area contributed by atoms with Crippen molar-refractivity contribution in [1.29, 1.82) is 0 Å². The number of alkyl halides is 1. The Balaban J connectivity index is 2.32. The first kappa shape index (κ1) is 12.4. The summed E-state index contributed by atoms with van der Waals surface area (Å²) < 4.78 is 20.3. The summed E-state index contributed by atoms with van der Waals surface area (Å²) in [6.45, 7) is -0.464. The van der Waals surface area contributed by atoms with E-state index in [-0.39, 0.29) is 10.6 Å². The minimum Gasteiger partial charge on any atom is -0.394 e. The number of nitrogens with two attached hydrogens (primary N) is 1. The zero-order valence-electron chi connectivity index (χ0n) is 8.73. The van der Waals surface area contributed by atoms with Gasteiger partial charge in [0.2, 0.25) is 4.77 Å². The highest BCUT2D eigenvalue weighted by molar-refractivity contribution is 7.71. The lowest BCUT2D eigenvalue weighted by Crippen LogP contribution is -2.30. The number of aromatic nitrogens is 2. The van der Waals surface area contributed by atoms with E-state index in [0.717, 1.165) is 0 Å². The Morgan fingerprint density at radius 1 is 1.65 bits per heavy atom. The summed E-state index contributed by atoms with van der Waals surface area (Å²) in [6, 6.07) is 1.45. The van der Waals surface area contributed by atoms with E-state index in [1.165, 1.54) is 16.8 Å². The molecule has 0 bridgehead atoms. The molecular formula is C9H12FN3O3S. The van der Waals surface area contributed by atoms with E-state index in [4.69, 9.17) is 27.8 Å². The van der Waals surface area contributed by atoms with Crippen molar-refractivity contribution in [3.8, 4) is 0 Å². The summed E-state index contributed by atoms with van der Waals surface area (Å²) >= 11 is 4.92. The van der Waals surface area contributed by atoms with Crippen molar-refractivity contribution in [2.45, 2.75) is 24.6 Å². The zero-order valence-corrected chi connectivity index (χ0v) is 9.55. The highest BCUT2D eigenvalue weighted by Gasteiger charge is 2.44. The standard InChI is InChI=1S/C9H12FN3O3S/c10-6-7(15)4(3-14)16-8(6)13-2-1-5(11)12-9(13)17/h1-2,4,6-8,14-15H,3H2,(H2,11,12,17)/t4-,6+,7+,8-/m1/s1. The van der Waals surface area contributed by atoms with E-state index in [9.17, 15) is 9.50 Å². The van der Waals surface area contributed by atoms with Crippen LogP contribution in [-0.4, -0.2) is 44.8 Å². The molecule has 4 N–H and O–H groups in total. The van der Waals surface area contributed by atoms with Crippen molar-refractivity contribution in [1.82, 2.24) is 9.55 Å². The molecule has 8 heteroatoms. The van der Waals surface area contributed by atoms with Crippen molar-refractivity contribution in [3.05, 3.63) is 17.0 Å². The Labute approximate surface area is 101 Å². The molecule has 17 heavy (non-hydrogen) atoms. The number of anilines is 1. The van der Waals surface area contributed by atoms with Crippen LogP contribution in [0.15, 0.2) is 12.3 Å². The second kappa shape index (κ2) is 4.65. The molecular weight excluding hydrogens is 249 g/mol. The van der Waals surface area contributed by atoms with Crippen molar-refractivity contribution < 1.29 is 19.3 Å². The number of rotatable bonds is 2. The maximum atomic E-state index is 13.8. The smallest absolute Gasteiger partial charge is 0.203 e. The molecule has 0 saturated carbocycles. The number of aliphatic hydroxyl groups excluding tert-OH is 2. The molecule has 2 heterocycles. The van der Waals surface area contributed by atoms with Crippen LogP contribution >= 0.6 is 12.2 Å². The second-order valence-electron chi connectivity index (χ2n) is 3.72. The average Bonchev–Trinajstić information content (AvgIpc) is 2.57. The van der Waals surface area contributed by atoms with Gasteiger partial charge < -0.3 is 20.7 Å². The molecule has 6 nitrogen and oxygen atoms in total. The van der Waals surface area contributed by atoms with E-state index >= 15 is 0 Å². The molecule has 0 aromatic carbocycles. The van der Waals surface area contributed by atoms with E-state index in [1.807, 2.05) is 0 Å². The van der Waals surface area contributed by atoms with Gasteiger partial charge in [-0.1, -0.05) is 0 Å². The van der Waals surface area contributed by atoms with Gasteiger partial charge in [0.25, 0.3) is 0 Å². The number of halogens is 1. The van der Waals surface area contributed by atoms with Gasteiger partial charge in [-0.05, 0) is 18.3 Å². The summed E-state index contributed by atoms with van der Waals surface area (Å²) in [5.41, 5.74) is 5.43. The van der Waals surface area contributed by atoms with Gasteiger partial charge in [-0.25, -0.2) is 9.37 Å². The van der Waals surface area contributed by atoms with Gasteiger partial charge >= 0.3 is 0 Å². The minimum absolute atomic E-state index is 0.0587. The Bertz CT molecular complexity index is 469. The van der Waals surface area contributed by atoms with Crippen LogP contribution in [0.4, 0.5) is 10.2 Å². The first-order valence-corrected chi connectivity index (χ1v) is 5.38. The fourth-order valence-electron chi connectivity index (χ4n) is 1.70. The molecule has 1 fully saturated rings. The van der Waals surface area contributed by atoms with Crippen LogP contribution in [0.2, 0.25) is 0 Å². The Morgan fingerprint density at radius 2 is 2.35 bits per heavy atom. The van der Waals surface area contributed by atoms with E-state index in [0.29, 0.717) is 0 Å². The van der Waals surface area contributed by atoms with Crippen LogP contribution in [0.1, 0.15) is 6.23 Å². The summed E-state index contributed by atoms with van der Waals surface area (Å²) in [5, 5.41) is 18.4. The molecule has 1 aromatic heterocycles. The quantitative estimate of drug-likeness (QED) is 0.637. The Hall–Kier alpha value is -1.09. The van der Waals surface area contributed by atoms with Crippen molar-refractivity contribution in [2.24, 2.45) is 0 Å². The van der Waals surface area contributed by atoms with Gasteiger partial charge in [-0.15, -0.1) is 0 Å². The zero-order chi connectivity index (χ0) is 12.6. The monoisotopic (exact) mass is 261 g/mol. The van der Waals surface area contributed by atoms with Gasteiger partial charge in [0.1, 0.15) is 18.0 Å². The van der Waals surface area contributed by atoms with Crippen LogP contribution in [0, 0.1) is 4.77 Å². The van der Waals surface area contributed by atoms with Crippen molar-refractivity contribution in [3.63, 3.8) is 0 Å². The largest absolute Gasteiger partial charge is 0.394 e. The molecule has 0 unspecified atom stereocenters. The van der Waals surface area contributed by atoms with Crippen LogP contribution in [0.5, 0.6) is 0 Å². The summed E-state index contributed by atoms with van der Waals surface area (Å²) in [5.74, 6) is 0.221. The molecule has 94 valence electrons. The Morgan fingerprint density at radius 3 is 2.88 bits per heavy atom. The third-order valence-electron chi connectivity index (χ3n) is 2.60. The normalized spacial score (nSPS) is 32.9. The predicted octanol–water partition coefficient (Wildman–Crippen LogP) is -0.217. The molecule has 0 radical (unpaired) electrons. The Kier molecular flexibility index (Phi) is 3.38. The van der Waals surface area contributed by atoms with Gasteiger partial charge in [0.15, 0.2) is 12.4 Å². The molecule has 1 aromatic rings. The molecule has 2 rings (SSSR count). The second-order valence-corrected chi connectivity index (χ2v) is 4.09. The summed E-state index contributed by atoms with van der Waals surface area (Å²) in [7, 11) is 0. The number of hydrogen-bond acceptors (Lipinski definition) is 6. The van der Waals surface area contributed by atoms with Crippen LogP contribution < -0.4 is 5.73 Å². The fraction of sp³-hybridized carbons (Fsp3) is 0.556. The molecule has 1 aliphatic rings. The SMILES string of the molecule is Nc1ccn([C@@H]2O[C@H](CO)[C@H](O)[C@@H]2F)c(=S)n1. The number of nitrogens with zero attached hydrogens (tertiary/aromatic N) is 2. The highest BCUT2D eigenvalue weighted by atomic mass is 32.1. The topological polar surface area (TPSA) is 93.5 Å². The maximum Gasteiger partial charge on any atom is 0.203 e. The number of nitrogen functional groups attached to an aromatic ring is 1. The first-order chi connectivity index (χ1) is 8.04. The summed E-state index contributed by atoms with van der Waals surface area (Å²) in [4.78, 5) is 3.79. The van der Waals surface area contributed by atoms with Crippen LogP contribution in [0.25, 0.3) is 0 Å². The third kappa shape index (κ3) is 2.16. The maximum absolute atomic E-state index is 13.8. The van der Waals surface area contributed by atoms with Gasteiger partial charge in [-0.2, -0.15) is 0 Å². The third-order valence-corrected chi connectivity index (χ3v) is 2.90. The van der Waals surface area contributed by atoms with Crippen molar-refractivity contribution >= 4 is 18.0 Å². The summed E-state index contributed by atoms with van der Waals surface area (Å²) in [6.07, 6.45) is -3.68. The lowest BCUT2D eigenvalue weighted by molar-refractivity contribution is -0.0483. The number of hydrogen-bond donors (Lipinski definition) is 3. The van der Waals surface area contributed by atoms with Gasteiger partial charge in [0, 0.05) is 6.20 Å². The van der Waals surface area contributed by atoms with Crippen LogP contribution in [0.3, 0.4) is 0 Å². The molecule has 4 atom stereocenters. The lowest BCUT2D eigenvalue weighted by Gasteiger charge is -2.16. The van der Waals surface area contributed by atoms with E-state index in [2.05, 4.69) is 4.98 Å². The minimum atomic E-state index is -1.68. The van der Waals surface area contributed by atoms with Gasteiger partial charge in [0.05, 0.1) is 6.61 Å². The molecule has 1 aliphatic heterocycles.